The zero-order valence-corrected chi connectivity index (χ0v) is 16.2. The molecule has 0 saturated heterocycles. The lowest BCUT2D eigenvalue weighted by molar-refractivity contribution is -0.160. The minimum absolute atomic E-state index is 0.0408. The first kappa shape index (κ1) is 21.2. The normalized spacial score (nSPS) is 14.6. The van der Waals surface area contributed by atoms with Gasteiger partial charge in [0, 0.05) is 12.7 Å². The van der Waals surface area contributed by atoms with Crippen molar-refractivity contribution in [2.75, 3.05) is 19.0 Å². The van der Waals surface area contributed by atoms with Crippen LogP contribution in [0.25, 0.3) is 0 Å². The van der Waals surface area contributed by atoms with Crippen molar-refractivity contribution in [1.82, 2.24) is 5.64 Å². The molecule has 0 amide bonds. The average Bonchev–Trinajstić information content (AvgIpc) is 3.47. The van der Waals surface area contributed by atoms with Gasteiger partial charge in [-0.15, -0.1) is 0 Å². The molecule has 1 fully saturated rings. The summed E-state index contributed by atoms with van der Waals surface area (Å²) in [5, 5.41) is 11.5. The lowest BCUT2D eigenvalue weighted by atomic mass is 10.2. The zero-order chi connectivity index (χ0) is 21.0. The summed E-state index contributed by atoms with van der Waals surface area (Å²) in [6.45, 7) is 1.75. The Hall–Kier alpha value is -2.49. The average molecular weight is 412 g/mol. The van der Waals surface area contributed by atoms with Crippen LogP contribution in [0.4, 0.5) is 24.5 Å². The fourth-order valence-corrected chi connectivity index (χ4v) is 2.90. The van der Waals surface area contributed by atoms with Gasteiger partial charge in [-0.3, -0.25) is 4.84 Å². The molecule has 2 aromatic rings. The molecule has 3 N–H and O–H groups in total. The third-order valence-electron chi connectivity index (χ3n) is 4.74. The quantitative estimate of drug-likeness (QED) is 0.506. The van der Waals surface area contributed by atoms with Gasteiger partial charge in [0.05, 0.1) is 18.4 Å². The van der Waals surface area contributed by atoms with Gasteiger partial charge in [-0.2, -0.15) is 0 Å². The highest BCUT2D eigenvalue weighted by Gasteiger charge is 2.44. The first-order chi connectivity index (χ1) is 13.9. The first-order valence-corrected chi connectivity index (χ1v) is 9.19. The fraction of sp³-hybridized carbons (Fsp3) is 0.400. The van der Waals surface area contributed by atoms with Crippen molar-refractivity contribution in [2.45, 2.75) is 38.2 Å². The Bertz CT molecular complexity index is 875. The summed E-state index contributed by atoms with van der Waals surface area (Å²) in [6, 6.07) is 5.11. The monoisotopic (exact) mass is 412 g/mol. The Morgan fingerprint density at radius 3 is 2.52 bits per heavy atom. The Balaban J connectivity index is 1.84. The number of halogens is 3. The molecule has 0 spiro atoms. The van der Waals surface area contributed by atoms with Crippen LogP contribution in [0.3, 0.4) is 0 Å². The van der Waals surface area contributed by atoms with Gasteiger partial charge in [0.2, 0.25) is 5.75 Å². The van der Waals surface area contributed by atoms with Crippen molar-refractivity contribution in [3.05, 3.63) is 47.3 Å². The Morgan fingerprint density at radius 2 is 1.90 bits per heavy atom. The molecule has 0 bridgehead atoms. The van der Waals surface area contributed by atoms with Crippen molar-refractivity contribution in [3.63, 3.8) is 0 Å². The Morgan fingerprint density at radius 1 is 1.14 bits per heavy atom. The van der Waals surface area contributed by atoms with Crippen LogP contribution < -0.4 is 20.5 Å². The van der Waals surface area contributed by atoms with Crippen molar-refractivity contribution in [1.29, 1.82) is 0 Å². The van der Waals surface area contributed by atoms with Crippen LogP contribution in [0.5, 0.6) is 11.5 Å². The van der Waals surface area contributed by atoms with E-state index in [0.717, 1.165) is 18.9 Å². The molecule has 2 aromatic carbocycles. The van der Waals surface area contributed by atoms with E-state index in [1.54, 1.807) is 13.0 Å². The van der Waals surface area contributed by atoms with E-state index >= 15 is 0 Å². The van der Waals surface area contributed by atoms with Crippen LogP contribution in [0.2, 0.25) is 0 Å². The molecule has 0 aliphatic heterocycles. The minimum Gasteiger partial charge on any atom is -0.493 e. The number of anilines is 2. The summed E-state index contributed by atoms with van der Waals surface area (Å²) in [7, 11) is 1.26. The maximum Gasteiger partial charge on any atom is 0.218 e. The molecule has 6 nitrogen and oxygen atoms in total. The number of aliphatic hydroxyl groups excluding tert-OH is 1. The lowest BCUT2D eigenvalue weighted by Gasteiger charge is -2.20. The Kier molecular flexibility index (Phi) is 6.51. The summed E-state index contributed by atoms with van der Waals surface area (Å²) >= 11 is 0. The second-order valence-electron chi connectivity index (χ2n) is 6.98. The molecule has 0 unspecified atom stereocenters. The predicted molar refractivity (Wildman–Crippen MR) is 100 cm³/mol. The number of aliphatic hydroxyl groups is 1. The highest BCUT2D eigenvalue weighted by atomic mass is 19.2. The van der Waals surface area contributed by atoms with E-state index in [9.17, 15) is 13.2 Å². The molecule has 29 heavy (non-hydrogen) atoms. The number of aryl methyl sites for hydroxylation is 1. The van der Waals surface area contributed by atoms with E-state index < -0.39 is 28.7 Å². The second kappa shape index (κ2) is 8.89. The van der Waals surface area contributed by atoms with E-state index in [-0.39, 0.29) is 23.8 Å². The molecule has 9 heteroatoms. The van der Waals surface area contributed by atoms with Crippen molar-refractivity contribution >= 4 is 11.4 Å². The molecule has 0 atom stereocenters. The van der Waals surface area contributed by atoms with E-state index in [1.807, 2.05) is 0 Å². The summed E-state index contributed by atoms with van der Waals surface area (Å²) in [6.07, 6.45) is 2.74. The number of hydrogen-bond acceptors (Lipinski definition) is 6. The van der Waals surface area contributed by atoms with Crippen LogP contribution in [-0.4, -0.2) is 24.4 Å². The molecule has 1 aliphatic rings. The summed E-state index contributed by atoms with van der Waals surface area (Å²) in [4.78, 5) is 10.8. The smallest absolute Gasteiger partial charge is 0.218 e. The van der Waals surface area contributed by atoms with Gasteiger partial charge in [-0.25, -0.2) is 13.2 Å². The number of ether oxygens (including phenoxy) is 1. The van der Waals surface area contributed by atoms with E-state index in [4.69, 9.17) is 19.5 Å². The molecule has 0 heterocycles. The molecule has 1 aliphatic carbocycles. The van der Waals surface area contributed by atoms with Gasteiger partial charge in [0.1, 0.15) is 11.5 Å². The van der Waals surface area contributed by atoms with Crippen LogP contribution in [0.1, 0.15) is 31.2 Å². The molecular weight excluding hydrogens is 389 g/mol. The molecule has 0 radical (unpaired) electrons. The largest absolute Gasteiger partial charge is 0.493 e. The summed E-state index contributed by atoms with van der Waals surface area (Å²) < 4.78 is 47.8. The molecule has 0 aromatic heterocycles. The summed E-state index contributed by atoms with van der Waals surface area (Å²) in [5.74, 6) is -3.43. The molecular formula is C20H23F3N2O4. The van der Waals surface area contributed by atoms with E-state index in [2.05, 4.69) is 11.0 Å². The Labute approximate surface area is 166 Å². The van der Waals surface area contributed by atoms with Gasteiger partial charge in [0.15, 0.2) is 17.4 Å². The number of hydrogen-bond donors (Lipinski definition) is 3. The molecule has 1 saturated carbocycles. The number of benzene rings is 2. The van der Waals surface area contributed by atoms with Gasteiger partial charge >= 0.3 is 0 Å². The van der Waals surface area contributed by atoms with Crippen LogP contribution in [-0.2, 0) is 4.84 Å². The molecule has 3 rings (SSSR count). The van der Waals surface area contributed by atoms with Crippen molar-refractivity contribution in [3.8, 4) is 11.5 Å². The lowest BCUT2D eigenvalue weighted by Crippen LogP contribution is -2.29. The number of nitrogens with one attached hydrogen (secondary N) is 2. The third kappa shape index (κ3) is 4.92. The number of methoxy groups -OCH3 is 1. The van der Waals surface area contributed by atoms with E-state index in [1.165, 1.54) is 19.2 Å². The van der Waals surface area contributed by atoms with E-state index in [0.29, 0.717) is 18.4 Å². The standard InChI is InChI=1S/C20H23F3N2O4/c1-12-4-5-15(13(21)10-12)24-18-17(23)14(22)11-16(27-2)19(18)28-25-29-20(7-8-20)6-3-9-26/h4-5,10-11,24-26H,3,6-9H2,1-2H3. The van der Waals surface area contributed by atoms with Crippen LogP contribution >= 0.6 is 0 Å². The maximum absolute atomic E-state index is 14.5. The SMILES string of the molecule is COc1cc(F)c(F)c(Nc2ccc(C)cc2F)c1ONOC1(CCCO)CC1. The van der Waals surface area contributed by atoms with Crippen molar-refractivity contribution in [2.24, 2.45) is 0 Å². The predicted octanol–water partition coefficient (Wildman–Crippen LogP) is 4.28. The number of rotatable bonds is 10. The van der Waals surface area contributed by atoms with Gasteiger partial charge in [-0.05, 0) is 55.9 Å². The highest BCUT2D eigenvalue weighted by Crippen LogP contribution is 2.44. The van der Waals surface area contributed by atoms with Crippen molar-refractivity contribution < 1.29 is 32.7 Å². The van der Waals surface area contributed by atoms with Crippen LogP contribution in [0, 0.1) is 24.4 Å². The topological polar surface area (TPSA) is 72.0 Å². The van der Waals surface area contributed by atoms with Gasteiger partial charge < -0.3 is 20.0 Å². The molecule has 158 valence electrons. The fourth-order valence-electron chi connectivity index (χ4n) is 2.90. The van der Waals surface area contributed by atoms with Gasteiger partial charge in [-0.1, -0.05) is 6.07 Å². The minimum atomic E-state index is -1.26. The second-order valence-corrected chi connectivity index (χ2v) is 6.98. The van der Waals surface area contributed by atoms with Gasteiger partial charge in [0.25, 0.3) is 0 Å². The maximum atomic E-state index is 14.5. The van der Waals surface area contributed by atoms with Crippen LogP contribution in [0.15, 0.2) is 24.3 Å². The first-order valence-electron chi connectivity index (χ1n) is 9.19. The third-order valence-corrected chi connectivity index (χ3v) is 4.74. The highest BCUT2D eigenvalue weighted by molar-refractivity contribution is 5.71. The summed E-state index contributed by atoms with van der Waals surface area (Å²) in [5.41, 5.74) is 2.00. The zero-order valence-electron chi connectivity index (χ0n) is 16.2.